The summed E-state index contributed by atoms with van der Waals surface area (Å²) in [6.45, 7) is 4.96. The Bertz CT molecular complexity index is 329. The molecule has 0 aliphatic carbocycles. The highest BCUT2D eigenvalue weighted by atomic mass is 16.5. The van der Waals surface area contributed by atoms with E-state index in [1.54, 1.807) is 0 Å². The molecule has 1 aliphatic rings. The molecule has 96 valence electrons. The predicted octanol–water partition coefficient (Wildman–Crippen LogP) is 2.75. The number of nitrogens with zero attached hydrogens (tertiary/aromatic N) is 1. The average molecular weight is 237 g/mol. The summed E-state index contributed by atoms with van der Waals surface area (Å²) in [5.74, 6) is 0.729. The third-order valence-corrected chi connectivity index (χ3v) is 3.53. The Balaban J connectivity index is 1.88. The van der Waals surface area contributed by atoms with E-state index in [1.807, 2.05) is 6.07 Å². The van der Waals surface area contributed by atoms with E-state index in [-0.39, 0.29) is 6.10 Å². The van der Waals surface area contributed by atoms with E-state index in [0.29, 0.717) is 0 Å². The molecular formula is C14H23NO2. The first-order chi connectivity index (χ1) is 8.29. The summed E-state index contributed by atoms with van der Waals surface area (Å²) in [5.41, 5.74) is 1.05. The maximum absolute atomic E-state index is 9.91. The van der Waals surface area contributed by atoms with Crippen LogP contribution in [0.5, 0.6) is 0 Å². The fourth-order valence-corrected chi connectivity index (χ4v) is 2.44. The normalized spacial score (nSPS) is 19.4. The van der Waals surface area contributed by atoms with Gasteiger partial charge in [0, 0.05) is 32.2 Å². The highest BCUT2D eigenvalue weighted by Crippen LogP contribution is 2.21. The van der Waals surface area contributed by atoms with Crippen LogP contribution in [0.3, 0.4) is 0 Å². The van der Waals surface area contributed by atoms with Gasteiger partial charge in [-0.25, -0.2) is 0 Å². The molecule has 2 heterocycles. The number of aliphatic hydroxyl groups is 1. The van der Waals surface area contributed by atoms with Crippen molar-refractivity contribution in [1.29, 1.82) is 0 Å². The van der Waals surface area contributed by atoms with Crippen molar-refractivity contribution in [2.24, 2.45) is 5.92 Å². The molecule has 0 amide bonds. The molecule has 1 aromatic heterocycles. The third kappa shape index (κ3) is 3.58. The summed E-state index contributed by atoms with van der Waals surface area (Å²) in [6.07, 6.45) is 8.07. The molecule has 1 saturated heterocycles. The molecule has 1 unspecified atom stereocenters. The van der Waals surface area contributed by atoms with E-state index in [0.717, 1.165) is 56.9 Å². The number of aliphatic hydroxyl groups excluding tert-OH is 1. The van der Waals surface area contributed by atoms with Gasteiger partial charge in [0.15, 0.2) is 0 Å². The Hall–Kier alpha value is -0.800. The molecule has 0 radical (unpaired) electrons. The highest BCUT2D eigenvalue weighted by molar-refractivity contribution is 5.13. The zero-order valence-electron chi connectivity index (χ0n) is 10.6. The van der Waals surface area contributed by atoms with Gasteiger partial charge in [0.25, 0.3) is 0 Å². The number of hydrogen-bond acceptors (Lipinski definition) is 2. The summed E-state index contributed by atoms with van der Waals surface area (Å²) in [4.78, 5) is 0. The van der Waals surface area contributed by atoms with Crippen LogP contribution < -0.4 is 0 Å². The van der Waals surface area contributed by atoms with Crippen molar-refractivity contribution in [3.05, 3.63) is 24.0 Å². The number of rotatable bonds is 5. The predicted molar refractivity (Wildman–Crippen MR) is 67.8 cm³/mol. The van der Waals surface area contributed by atoms with Crippen molar-refractivity contribution in [2.45, 2.75) is 45.3 Å². The van der Waals surface area contributed by atoms with Gasteiger partial charge >= 0.3 is 0 Å². The van der Waals surface area contributed by atoms with Crippen molar-refractivity contribution >= 4 is 0 Å². The second-order valence-electron chi connectivity index (χ2n) is 5.00. The van der Waals surface area contributed by atoms with Crippen molar-refractivity contribution in [3.8, 4) is 0 Å². The van der Waals surface area contributed by atoms with Gasteiger partial charge in [-0.3, -0.25) is 0 Å². The van der Waals surface area contributed by atoms with Gasteiger partial charge in [0.1, 0.15) is 0 Å². The van der Waals surface area contributed by atoms with Crippen molar-refractivity contribution in [1.82, 2.24) is 4.57 Å². The lowest BCUT2D eigenvalue weighted by Crippen LogP contribution is -2.19. The number of ether oxygens (including phenoxy) is 1. The fourth-order valence-electron chi connectivity index (χ4n) is 2.44. The second kappa shape index (κ2) is 6.22. The molecule has 0 bridgehead atoms. The standard InChI is InChI=1S/C14H23NO2/c1-2-3-14(16)13-4-7-15(11-13)10-12-5-8-17-9-6-12/h4,7,11-12,14,16H,2-3,5-6,8-10H2,1H3. The van der Waals surface area contributed by atoms with Gasteiger partial charge < -0.3 is 14.4 Å². The lowest BCUT2D eigenvalue weighted by molar-refractivity contribution is 0.0612. The molecule has 1 aliphatic heterocycles. The first kappa shape index (κ1) is 12.7. The molecule has 0 aromatic carbocycles. The zero-order valence-corrected chi connectivity index (χ0v) is 10.6. The van der Waals surface area contributed by atoms with E-state index < -0.39 is 0 Å². The SMILES string of the molecule is CCCC(O)c1ccn(CC2CCOCC2)c1. The lowest BCUT2D eigenvalue weighted by Gasteiger charge is -2.22. The first-order valence-electron chi connectivity index (χ1n) is 6.71. The van der Waals surface area contributed by atoms with Gasteiger partial charge in [0.2, 0.25) is 0 Å². The molecule has 1 atom stereocenters. The van der Waals surface area contributed by atoms with Crippen LogP contribution >= 0.6 is 0 Å². The van der Waals surface area contributed by atoms with Crippen LogP contribution in [0.15, 0.2) is 18.5 Å². The molecule has 0 spiro atoms. The molecular weight excluding hydrogens is 214 g/mol. The summed E-state index contributed by atoms with van der Waals surface area (Å²) < 4.78 is 7.58. The van der Waals surface area contributed by atoms with Crippen LogP contribution in [0.4, 0.5) is 0 Å². The zero-order chi connectivity index (χ0) is 12.1. The van der Waals surface area contributed by atoms with Crippen molar-refractivity contribution in [3.63, 3.8) is 0 Å². The minimum Gasteiger partial charge on any atom is -0.388 e. The van der Waals surface area contributed by atoms with Crippen LogP contribution in [0.1, 0.15) is 44.3 Å². The number of hydrogen-bond donors (Lipinski definition) is 1. The molecule has 1 aromatic rings. The quantitative estimate of drug-likeness (QED) is 0.854. The van der Waals surface area contributed by atoms with Crippen molar-refractivity contribution < 1.29 is 9.84 Å². The third-order valence-electron chi connectivity index (χ3n) is 3.53. The summed E-state index contributed by atoms with van der Waals surface area (Å²) in [6, 6.07) is 2.04. The Labute approximate surface area is 103 Å². The molecule has 17 heavy (non-hydrogen) atoms. The smallest absolute Gasteiger partial charge is 0.0804 e. The van der Waals surface area contributed by atoms with Crippen LogP contribution in [0, 0.1) is 5.92 Å². The highest BCUT2D eigenvalue weighted by Gasteiger charge is 2.15. The maximum atomic E-state index is 9.91. The largest absolute Gasteiger partial charge is 0.388 e. The van der Waals surface area contributed by atoms with Gasteiger partial charge in [-0.1, -0.05) is 13.3 Å². The summed E-state index contributed by atoms with van der Waals surface area (Å²) >= 11 is 0. The van der Waals surface area contributed by atoms with Gasteiger partial charge in [0.05, 0.1) is 6.10 Å². The Morgan fingerprint density at radius 3 is 2.94 bits per heavy atom. The number of aromatic nitrogens is 1. The van der Waals surface area contributed by atoms with Gasteiger partial charge in [-0.05, 0) is 36.8 Å². The van der Waals surface area contributed by atoms with E-state index in [1.165, 1.54) is 0 Å². The van der Waals surface area contributed by atoms with Gasteiger partial charge in [-0.15, -0.1) is 0 Å². The molecule has 2 rings (SSSR count). The van der Waals surface area contributed by atoms with E-state index >= 15 is 0 Å². The average Bonchev–Trinajstić information content (AvgIpc) is 2.79. The van der Waals surface area contributed by atoms with E-state index in [4.69, 9.17) is 4.74 Å². The van der Waals surface area contributed by atoms with E-state index in [2.05, 4.69) is 23.9 Å². The topological polar surface area (TPSA) is 34.4 Å². The molecule has 0 saturated carbocycles. The second-order valence-corrected chi connectivity index (χ2v) is 5.00. The van der Waals surface area contributed by atoms with Gasteiger partial charge in [-0.2, -0.15) is 0 Å². The van der Waals surface area contributed by atoms with Crippen LogP contribution in [-0.4, -0.2) is 22.9 Å². The van der Waals surface area contributed by atoms with Crippen LogP contribution in [-0.2, 0) is 11.3 Å². The fraction of sp³-hybridized carbons (Fsp3) is 0.714. The Morgan fingerprint density at radius 2 is 2.24 bits per heavy atom. The summed E-state index contributed by atoms with van der Waals surface area (Å²) in [7, 11) is 0. The monoisotopic (exact) mass is 237 g/mol. The van der Waals surface area contributed by atoms with Crippen LogP contribution in [0.2, 0.25) is 0 Å². The molecule has 1 fully saturated rings. The molecule has 3 heteroatoms. The first-order valence-corrected chi connectivity index (χ1v) is 6.71. The minimum absolute atomic E-state index is 0.295. The Morgan fingerprint density at radius 1 is 1.47 bits per heavy atom. The van der Waals surface area contributed by atoms with Crippen molar-refractivity contribution in [2.75, 3.05) is 13.2 Å². The van der Waals surface area contributed by atoms with E-state index in [9.17, 15) is 5.11 Å². The molecule has 3 nitrogen and oxygen atoms in total. The Kier molecular flexibility index (Phi) is 4.63. The molecule has 1 N–H and O–H groups in total. The summed E-state index contributed by atoms with van der Waals surface area (Å²) in [5, 5.41) is 9.91. The maximum Gasteiger partial charge on any atom is 0.0804 e. The minimum atomic E-state index is -0.295. The van der Waals surface area contributed by atoms with Crippen LogP contribution in [0.25, 0.3) is 0 Å². The lowest BCUT2D eigenvalue weighted by atomic mass is 10.0.